The SMILES string of the molecule is CCC(=O)c1ccc([C@H](C)NC(=O)CN2CCN(CC(=O)N[C@@H](C)c3ccccc3)CCN(Cc3cccc(-c4ccc5c(=O)c6cc(C(C)(C)C)ccc6oc5n4)n3)CCN(CC(=O)N[C@@H](C)c3ccccc3)CC2)cc1. The first kappa shape index (κ1) is 56.8. The molecule has 3 aromatic heterocycles. The fourth-order valence-electron chi connectivity index (χ4n) is 9.86. The molecule has 0 aliphatic carbocycles. The molecule has 3 amide bonds. The Balaban J connectivity index is 1.03. The Kier molecular flexibility index (Phi) is 19.1. The van der Waals surface area contributed by atoms with E-state index in [1.54, 1.807) is 18.2 Å². The van der Waals surface area contributed by atoms with Crippen LogP contribution in [0, 0.1) is 0 Å². The highest BCUT2D eigenvalue weighted by molar-refractivity contribution is 5.96. The van der Waals surface area contributed by atoms with Crippen LogP contribution < -0.4 is 21.4 Å². The van der Waals surface area contributed by atoms with Gasteiger partial charge in [-0.1, -0.05) is 125 Å². The number of ketones is 1. The Morgan fingerprint density at radius 2 is 1.01 bits per heavy atom. The fraction of sp³-hybridized carbons (Fsp3) is 0.381. The molecule has 0 radical (unpaired) electrons. The molecule has 1 fully saturated rings. The molecule has 15 nitrogen and oxygen atoms in total. The number of carbonyl (C=O) groups is 4. The van der Waals surface area contributed by atoms with E-state index in [9.17, 15) is 24.0 Å². The lowest BCUT2D eigenvalue weighted by molar-refractivity contribution is -0.125. The maximum Gasteiger partial charge on any atom is 0.234 e. The quantitative estimate of drug-likeness (QED) is 0.0586. The van der Waals surface area contributed by atoms with Crippen LogP contribution in [0.15, 0.2) is 143 Å². The van der Waals surface area contributed by atoms with Crippen LogP contribution in [0.2, 0.25) is 0 Å². The molecule has 7 aromatic rings. The van der Waals surface area contributed by atoms with Crippen LogP contribution in [0.3, 0.4) is 0 Å². The molecule has 1 aliphatic heterocycles. The topological polar surface area (TPSA) is 173 Å². The van der Waals surface area contributed by atoms with Crippen LogP contribution >= 0.6 is 0 Å². The minimum absolute atomic E-state index is 0.0660. The van der Waals surface area contributed by atoms with E-state index in [4.69, 9.17) is 14.4 Å². The van der Waals surface area contributed by atoms with E-state index in [1.165, 1.54) is 0 Å². The first-order chi connectivity index (χ1) is 37.5. The summed E-state index contributed by atoms with van der Waals surface area (Å²) in [5.41, 5.74) is 7.06. The van der Waals surface area contributed by atoms with Crippen LogP contribution in [0.1, 0.15) is 111 Å². The van der Waals surface area contributed by atoms with Gasteiger partial charge in [0, 0.05) is 70.9 Å². The van der Waals surface area contributed by atoms with Crippen molar-refractivity contribution in [1.29, 1.82) is 0 Å². The highest BCUT2D eigenvalue weighted by Crippen LogP contribution is 2.28. The van der Waals surface area contributed by atoms with Crippen molar-refractivity contribution in [3.05, 3.63) is 177 Å². The number of pyridine rings is 2. The number of aromatic nitrogens is 2. The van der Waals surface area contributed by atoms with Gasteiger partial charge < -0.3 is 20.4 Å². The number of fused-ring (bicyclic) bond motifs is 2. The Morgan fingerprint density at radius 1 is 0.538 bits per heavy atom. The molecule has 1 saturated heterocycles. The van der Waals surface area contributed by atoms with Gasteiger partial charge in [0.15, 0.2) is 5.78 Å². The van der Waals surface area contributed by atoms with Crippen LogP contribution in [-0.4, -0.2) is 125 Å². The second kappa shape index (κ2) is 26.3. The summed E-state index contributed by atoms with van der Waals surface area (Å²) in [6.07, 6.45) is 0.420. The summed E-state index contributed by atoms with van der Waals surface area (Å²) in [7, 11) is 0. The van der Waals surface area contributed by atoms with Gasteiger partial charge in [-0.15, -0.1) is 0 Å². The molecule has 1 aliphatic rings. The van der Waals surface area contributed by atoms with E-state index in [1.807, 2.05) is 143 Å². The largest absolute Gasteiger partial charge is 0.437 e. The molecular weight excluding hydrogens is 979 g/mol. The first-order valence-corrected chi connectivity index (χ1v) is 27.3. The van der Waals surface area contributed by atoms with Crippen molar-refractivity contribution in [3.63, 3.8) is 0 Å². The summed E-state index contributed by atoms with van der Waals surface area (Å²) < 4.78 is 6.26. The molecule has 4 aromatic carbocycles. The van der Waals surface area contributed by atoms with Crippen LogP contribution in [0.25, 0.3) is 33.5 Å². The molecule has 0 unspecified atom stereocenters. The van der Waals surface area contributed by atoms with Crippen molar-refractivity contribution in [2.45, 2.75) is 85.0 Å². The van der Waals surface area contributed by atoms with Crippen molar-refractivity contribution >= 4 is 45.6 Å². The molecule has 78 heavy (non-hydrogen) atoms. The summed E-state index contributed by atoms with van der Waals surface area (Å²) in [4.78, 5) is 86.4. The number of hydrogen-bond donors (Lipinski definition) is 3. The fourth-order valence-corrected chi connectivity index (χ4v) is 9.86. The van der Waals surface area contributed by atoms with Crippen molar-refractivity contribution in [1.82, 2.24) is 45.5 Å². The molecule has 0 saturated carbocycles. The molecule has 408 valence electrons. The molecule has 4 heterocycles. The van der Waals surface area contributed by atoms with Crippen LogP contribution in [0.4, 0.5) is 0 Å². The summed E-state index contributed by atoms with van der Waals surface area (Å²) in [6.45, 7) is 19.1. The molecule has 3 atom stereocenters. The molecular formula is C63H75N9O6. The Hall–Kier alpha value is -7.43. The number of nitrogens with zero attached hydrogens (tertiary/aromatic N) is 6. The summed E-state index contributed by atoms with van der Waals surface area (Å²) in [5, 5.41) is 10.5. The third-order valence-corrected chi connectivity index (χ3v) is 14.7. The van der Waals surface area contributed by atoms with Gasteiger partial charge in [-0.25, -0.2) is 9.97 Å². The minimum atomic E-state index is -0.301. The van der Waals surface area contributed by atoms with Gasteiger partial charge in [-0.2, -0.15) is 0 Å². The van der Waals surface area contributed by atoms with Gasteiger partial charge >= 0.3 is 0 Å². The van der Waals surface area contributed by atoms with Crippen LogP contribution in [0.5, 0.6) is 0 Å². The lowest BCUT2D eigenvalue weighted by Crippen LogP contribution is -2.50. The number of carbonyl (C=O) groups excluding carboxylic acids is 4. The van der Waals surface area contributed by atoms with Gasteiger partial charge in [-0.3, -0.25) is 43.6 Å². The Labute approximate surface area is 458 Å². The standard InChI is InChI=1S/C63H75N9O6/c1-8-56(73)49-24-22-48(23-25-49)45(4)66-60(76)42-72-36-34-70(40-58(74)64-43(2)46-16-11-9-12-17-46)32-30-69(31-33-71(35-37-72)41-59(75)65-44(3)47-18-13-10-14-19-47)39-51-20-15-21-54(67-51)55-28-27-52-61(77)53-38-50(63(5,6)7)26-29-57(53)78-62(52)68-55/h9-29,38,43-45H,8,30-37,39-42H2,1-7H3,(H,64,74)(H,65,75)(H,66,76)/t43-,44-,45-/m0/s1. The average Bonchev–Trinajstić information content (AvgIpc) is 3.47. The van der Waals surface area contributed by atoms with E-state index in [0.717, 1.165) is 27.9 Å². The number of rotatable bonds is 17. The van der Waals surface area contributed by atoms with Crippen molar-refractivity contribution < 1.29 is 23.6 Å². The Morgan fingerprint density at radius 3 is 1.50 bits per heavy atom. The predicted molar refractivity (Wildman–Crippen MR) is 308 cm³/mol. The van der Waals surface area contributed by atoms with Gasteiger partial charge in [0.25, 0.3) is 0 Å². The van der Waals surface area contributed by atoms with E-state index in [0.29, 0.717) is 98.6 Å². The zero-order valence-electron chi connectivity index (χ0n) is 46.3. The average molecular weight is 1050 g/mol. The lowest BCUT2D eigenvalue weighted by atomic mass is 9.86. The number of hydrogen-bond acceptors (Lipinski definition) is 12. The zero-order valence-corrected chi connectivity index (χ0v) is 46.3. The zero-order chi connectivity index (χ0) is 55.3. The molecule has 0 spiro atoms. The number of amides is 3. The minimum Gasteiger partial charge on any atom is -0.437 e. The molecule has 0 bridgehead atoms. The highest BCUT2D eigenvalue weighted by Gasteiger charge is 2.24. The maximum absolute atomic E-state index is 13.9. The van der Waals surface area contributed by atoms with Gasteiger partial charge in [-0.05, 0) is 84.8 Å². The van der Waals surface area contributed by atoms with E-state index < -0.39 is 0 Å². The summed E-state index contributed by atoms with van der Waals surface area (Å²) >= 11 is 0. The van der Waals surface area contributed by atoms with Gasteiger partial charge in [0.2, 0.25) is 28.9 Å². The highest BCUT2D eigenvalue weighted by atomic mass is 16.3. The third kappa shape index (κ3) is 15.4. The van der Waals surface area contributed by atoms with Crippen molar-refractivity contribution in [3.8, 4) is 11.4 Å². The van der Waals surface area contributed by atoms with Gasteiger partial charge in [0.1, 0.15) is 5.58 Å². The molecule has 15 heteroatoms. The molecule has 3 N–H and O–H groups in total. The number of benzene rings is 4. The molecule has 8 rings (SSSR count). The van der Waals surface area contributed by atoms with E-state index in [-0.39, 0.29) is 77.8 Å². The van der Waals surface area contributed by atoms with Gasteiger partial charge in [0.05, 0.1) is 65.6 Å². The maximum atomic E-state index is 13.9. The second-order valence-corrected chi connectivity index (χ2v) is 21.6. The van der Waals surface area contributed by atoms with E-state index >= 15 is 0 Å². The second-order valence-electron chi connectivity index (χ2n) is 21.6. The van der Waals surface area contributed by atoms with Crippen LogP contribution in [-0.2, 0) is 26.3 Å². The smallest absolute Gasteiger partial charge is 0.234 e. The monoisotopic (exact) mass is 1050 g/mol. The third-order valence-electron chi connectivity index (χ3n) is 14.7. The van der Waals surface area contributed by atoms with Crippen molar-refractivity contribution in [2.75, 3.05) is 72.0 Å². The summed E-state index contributed by atoms with van der Waals surface area (Å²) in [5.74, 6) is -0.297. The Bertz CT molecular complexity index is 3160. The number of nitrogens with one attached hydrogen (secondary N) is 3. The predicted octanol–water partition coefficient (Wildman–Crippen LogP) is 8.65. The summed E-state index contributed by atoms with van der Waals surface area (Å²) in [6, 6.07) is 41.6. The van der Waals surface area contributed by atoms with Crippen molar-refractivity contribution in [2.24, 2.45) is 0 Å². The van der Waals surface area contributed by atoms with E-state index in [2.05, 4.69) is 56.3 Å². The normalized spacial score (nSPS) is 15.9. The number of Topliss-reactive ketones (excluding diaryl/α,β-unsaturated/α-hetero) is 1. The first-order valence-electron chi connectivity index (χ1n) is 27.3. The lowest BCUT2D eigenvalue weighted by Gasteiger charge is -2.34.